The minimum absolute atomic E-state index is 0.328. The first-order valence-corrected chi connectivity index (χ1v) is 6.77. The SMILES string of the molecule is CC1CCCC(C(C)(O)c2ccc(C#N)cc2)C1. The molecule has 0 bridgehead atoms. The molecule has 0 aromatic heterocycles. The van der Waals surface area contributed by atoms with E-state index in [0.717, 1.165) is 18.4 Å². The lowest BCUT2D eigenvalue weighted by atomic mass is 9.71. The Bertz CT molecular complexity index is 441. The number of benzene rings is 1. The van der Waals surface area contributed by atoms with Crippen molar-refractivity contribution in [3.63, 3.8) is 0 Å². The van der Waals surface area contributed by atoms with Crippen molar-refractivity contribution in [3.05, 3.63) is 35.4 Å². The summed E-state index contributed by atoms with van der Waals surface area (Å²) in [5, 5.41) is 19.6. The molecular weight excluding hydrogens is 222 g/mol. The first-order valence-electron chi connectivity index (χ1n) is 6.77. The van der Waals surface area contributed by atoms with Crippen LogP contribution in [0.1, 0.15) is 50.7 Å². The van der Waals surface area contributed by atoms with Crippen molar-refractivity contribution in [1.82, 2.24) is 0 Å². The van der Waals surface area contributed by atoms with Gasteiger partial charge in [-0.05, 0) is 49.3 Å². The molecule has 2 rings (SSSR count). The molecule has 1 aromatic rings. The van der Waals surface area contributed by atoms with Gasteiger partial charge in [0.1, 0.15) is 0 Å². The van der Waals surface area contributed by atoms with Crippen LogP contribution in [-0.4, -0.2) is 5.11 Å². The van der Waals surface area contributed by atoms with Gasteiger partial charge >= 0.3 is 0 Å². The maximum Gasteiger partial charge on any atom is 0.0991 e. The van der Waals surface area contributed by atoms with Crippen LogP contribution in [0.15, 0.2) is 24.3 Å². The number of nitrogens with zero attached hydrogens (tertiary/aromatic N) is 1. The van der Waals surface area contributed by atoms with Gasteiger partial charge in [0.2, 0.25) is 0 Å². The lowest BCUT2D eigenvalue weighted by Crippen LogP contribution is -2.35. The van der Waals surface area contributed by atoms with E-state index in [0.29, 0.717) is 17.4 Å². The molecule has 1 aliphatic rings. The quantitative estimate of drug-likeness (QED) is 0.862. The molecule has 0 amide bonds. The minimum Gasteiger partial charge on any atom is -0.385 e. The molecule has 2 heteroatoms. The van der Waals surface area contributed by atoms with Crippen LogP contribution in [0.2, 0.25) is 0 Å². The Morgan fingerprint density at radius 3 is 2.50 bits per heavy atom. The molecule has 96 valence electrons. The van der Waals surface area contributed by atoms with Gasteiger partial charge in [0, 0.05) is 0 Å². The molecular formula is C16H21NO. The fourth-order valence-corrected chi connectivity index (χ4v) is 3.06. The lowest BCUT2D eigenvalue weighted by molar-refractivity contribution is -0.0294. The van der Waals surface area contributed by atoms with E-state index in [1.807, 2.05) is 19.1 Å². The van der Waals surface area contributed by atoms with Gasteiger partial charge < -0.3 is 5.11 Å². The Hall–Kier alpha value is -1.33. The molecule has 0 aliphatic heterocycles. The van der Waals surface area contributed by atoms with E-state index in [2.05, 4.69) is 13.0 Å². The fraction of sp³-hybridized carbons (Fsp3) is 0.562. The molecule has 0 heterocycles. The molecule has 0 spiro atoms. The minimum atomic E-state index is -0.775. The van der Waals surface area contributed by atoms with Crippen LogP contribution in [0.4, 0.5) is 0 Å². The maximum absolute atomic E-state index is 10.8. The second-order valence-corrected chi connectivity index (χ2v) is 5.81. The van der Waals surface area contributed by atoms with Gasteiger partial charge in [0.25, 0.3) is 0 Å². The van der Waals surface area contributed by atoms with Gasteiger partial charge in [-0.25, -0.2) is 0 Å². The number of aliphatic hydroxyl groups is 1. The summed E-state index contributed by atoms with van der Waals surface area (Å²) < 4.78 is 0. The first kappa shape index (κ1) is 13.1. The van der Waals surface area contributed by atoms with Crippen molar-refractivity contribution in [1.29, 1.82) is 5.26 Å². The van der Waals surface area contributed by atoms with E-state index in [4.69, 9.17) is 5.26 Å². The molecule has 0 radical (unpaired) electrons. The van der Waals surface area contributed by atoms with E-state index >= 15 is 0 Å². The van der Waals surface area contributed by atoms with E-state index in [9.17, 15) is 5.11 Å². The molecule has 1 saturated carbocycles. The third kappa shape index (κ3) is 2.57. The highest BCUT2D eigenvalue weighted by atomic mass is 16.3. The summed E-state index contributed by atoms with van der Waals surface area (Å²) in [7, 11) is 0. The Balaban J connectivity index is 2.20. The second kappa shape index (κ2) is 5.12. The van der Waals surface area contributed by atoms with Gasteiger partial charge in [-0.1, -0.05) is 31.9 Å². The molecule has 1 N–H and O–H groups in total. The van der Waals surface area contributed by atoms with Gasteiger partial charge in [-0.2, -0.15) is 5.26 Å². The van der Waals surface area contributed by atoms with Gasteiger partial charge in [-0.15, -0.1) is 0 Å². The number of hydrogen-bond donors (Lipinski definition) is 1. The average Bonchev–Trinajstić information content (AvgIpc) is 2.39. The summed E-state index contributed by atoms with van der Waals surface area (Å²) in [6, 6.07) is 9.46. The van der Waals surface area contributed by atoms with Crippen LogP contribution in [-0.2, 0) is 5.60 Å². The van der Waals surface area contributed by atoms with Crippen molar-refractivity contribution in [2.24, 2.45) is 11.8 Å². The van der Waals surface area contributed by atoms with Crippen molar-refractivity contribution in [2.75, 3.05) is 0 Å². The first-order chi connectivity index (χ1) is 8.54. The van der Waals surface area contributed by atoms with Crippen molar-refractivity contribution >= 4 is 0 Å². The van der Waals surface area contributed by atoms with Crippen LogP contribution in [0.25, 0.3) is 0 Å². The fourth-order valence-electron chi connectivity index (χ4n) is 3.06. The summed E-state index contributed by atoms with van der Waals surface area (Å²) in [5.74, 6) is 1.03. The normalized spacial score (nSPS) is 27.2. The van der Waals surface area contributed by atoms with E-state index in [1.54, 1.807) is 12.1 Å². The maximum atomic E-state index is 10.8. The summed E-state index contributed by atoms with van der Waals surface area (Å²) in [5.41, 5.74) is 0.801. The smallest absolute Gasteiger partial charge is 0.0991 e. The third-order valence-corrected chi connectivity index (χ3v) is 4.33. The van der Waals surface area contributed by atoms with Crippen molar-refractivity contribution < 1.29 is 5.11 Å². The highest BCUT2D eigenvalue weighted by molar-refractivity contribution is 5.34. The van der Waals surface area contributed by atoms with Crippen LogP contribution in [0.3, 0.4) is 0 Å². The summed E-state index contributed by atoms with van der Waals surface area (Å²) in [6.07, 6.45) is 4.67. The molecule has 18 heavy (non-hydrogen) atoms. The Morgan fingerprint density at radius 2 is 1.94 bits per heavy atom. The predicted molar refractivity (Wildman–Crippen MR) is 71.8 cm³/mol. The standard InChI is InChI=1S/C16H21NO/c1-12-4-3-5-15(10-12)16(2,18)14-8-6-13(11-17)7-9-14/h6-9,12,15,18H,3-5,10H2,1-2H3. The third-order valence-electron chi connectivity index (χ3n) is 4.33. The summed E-state index contributed by atoms with van der Waals surface area (Å²) >= 11 is 0. The predicted octanol–water partition coefficient (Wildman–Crippen LogP) is 3.59. The van der Waals surface area contributed by atoms with Gasteiger partial charge in [0.15, 0.2) is 0 Å². The van der Waals surface area contributed by atoms with Crippen LogP contribution < -0.4 is 0 Å². The molecule has 2 nitrogen and oxygen atoms in total. The Labute approximate surface area is 109 Å². The zero-order valence-corrected chi connectivity index (χ0v) is 11.2. The number of nitriles is 1. The Kier molecular flexibility index (Phi) is 3.73. The van der Waals surface area contributed by atoms with E-state index < -0.39 is 5.60 Å². The highest BCUT2D eigenvalue weighted by Crippen LogP contribution is 2.40. The highest BCUT2D eigenvalue weighted by Gasteiger charge is 2.36. The second-order valence-electron chi connectivity index (χ2n) is 5.81. The topological polar surface area (TPSA) is 44.0 Å². The summed E-state index contributed by atoms with van der Waals surface area (Å²) in [6.45, 7) is 4.18. The summed E-state index contributed by atoms with van der Waals surface area (Å²) in [4.78, 5) is 0. The molecule has 3 unspecified atom stereocenters. The molecule has 1 fully saturated rings. The van der Waals surface area contributed by atoms with Crippen LogP contribution in [0.5, 0.6) is 0 Å². The molecule has 3 atom stereocenters. The zero-order valence-electron chi connectivity index (χ0n) is 11.2. The van der Waals surface area contributed by atoms with Gasteiger partial charge in [0.05, 0.1) is 17.2 Å². The Morgan fingerprint density at radius 1 is 1.28 bits per heavy atom. The van der Waals surface area contributed by atoms with E-state index in [1.165, 1.54) is 12.8 Å². The lowest BCUT2D eigenvalue weighted by Gasteiger charge is -2.38. The van der Waals surface area contributed by atoms with Crippen LogP contribution >= 0.6 is 0 Å². The molecule has 0 saturated heterocycles. The zero-order chi connectivity index (χ0) is 13.2. The van der Waals surface area contributed by atoms with Crippen molar-refractivity contribution in [3.8, 4) is 6.07 Å². The van der Waals surface area contributed by atoms with E-state index in [-0.39, 0.29) is 0 Å². The number of rotatable bonds is 2. The largest absolute Gasteiger partial charge is 0.385 e. The average molecular weight is 243 g/mol. The molecule has 1 aliphatic carbocycles. The van der Waals surface area contributed by atoms with Gasteiger partial charge in [-0.3, -0.25) is 0 Å². The molecule has 1 aromatic carbocycles. The number of hydrogen-bond acceptors (Lipinski definition) is 2. The monoisotopic (exact) mass is 243 g/mol. The van der Waals surface area contributed by atoms with Crippen LogP contribution in [0, 0.1) is 23.2 Å². The van der Waals surface area contributed by atoms with Crippen molar-refractivity contribution in [2.45, 2.75) is 45.1 Å².